The highest BCUT2D eigenvalue weighted by Gasteiger charge is 2.27. The van der Waals surface area contributed by atoms with E-state index >= 15 is 0 Å². The largest absolute Gasteiger partial charge is 0.493 e. The number of methoxy groups -OCH3 is 3. The van der Waals surface area contributed by atoms with Gasteiger partial charge in [-0.1, -0.05) is 15.9 Å². The average Bonchev–Trinajstić information content (AvgIpc) is 2.63. The Morgan fingerprint density at radius 1 is 1.04 bits per heavy atom. The molecule has 128 valence electrons. The smallest absolute Gasteiger partial charge is 0.203 e. The van der Waals surface area contributed by atoms with Crippen LogP contribution < -0.4 is 14.2 Å². The summed E-state index contributed by atoms with van der Waals surface area (Å²) < 4.78 is 23.7. The summed E-state index contributed by atoms with van der Waals surface area (Å²) in [5.41, 5.74) is 1.97. The maximum absolute atomic E-state index is 6.17. The highest BCUT2D eigenvalue weighted by atomic mass is 79.9. The molecule has 4 nitrogen and oxygen atoms in total. The second-order valence-electron chi connectivity index (χ2n) is 6.50. The first-order chi connectivity index (χ1) is 10.8. The lowest BCUT2D eigenvalue weighted by molar-refractivity contribution is -0.0414. The van der Waals surface area contributed by atoms with Crippen molar-refractivity contribution in [3.63, 3.8) is 0 Å². The van der Waals surface area contributed by atoms with E-state index in [2.05, 4.69) is 42.8 Å². The van der Waals surface area contributed by atoms with Crippen molar-refractivity contribution < 1.29 is 18.9 Å². The van der Waals surface area contributed by atoms with Crippen LogP contribution in [-0.4, -0.2) is 33.0 Å². The Kier molecular flexibility index (Phi) is 5.63. The topological polar surface area (TPSA) is 36.9 Å². The Balaban J connectivity index is 2.51. The van der Waals surface area contributed by atoms with E-state index in [9.17, 15) is 0 Å². The molecule has 1 atom stereocenters. The van der Waals surface area contributed by atoms with Crippen molar-refractivity contribution in [3.8, 4) is 17.2 Å². The van der Waals surface area contributed by atoms with Crippen molar-refractivity contribution >= 4 is 22.0 Å². The molecule has 23 heavy (non-hydrogen) atoms. The second kappa shape index (κ2) is 7.14. The van der Waals surface area contributed by atoms with Crippen LogP contribution in [0.3, 0.4) is 0 Å². The summed E-state index contributed by atoms with van der Waals surface area (Å²) in [6.07, 6.45) is 3.85. The van der Waals surface area contributed by atoms with Crippen molar-refractivity contribution in [2.24, 2.45) is 0 Å². The summed E-state index contributed by atoms with van der Waals surface area (Å²) in [6, 6.07) is 2.02. The van der Waals surface area contributed by atoms with Crippen molar-refractivity contribution in [1.82, 2.24) is 0 Å². The first-order valence-electron chi connectivity index (χ1n) is 7.67. The van der Waals surface area contributed by atoms with Gasteiger partial charge in [-0.25, -0.2) is 0 Å². The third kappa shape index (κ3) is 4.01. The molecule has 0 radical (unpaired) electrons. The average molecular weight is 385 g/mol. The van der Waals surface area contributed by atoms with E-state index in [4.69, 9.17) is 18.9 Å². The fourth-order valence-corrected chi connectivity index (χ4v) is 3.34. The summed E-state index contributed by atoms with van der Waals surface area (Å²) >= 11 is 3.68. The number of hydrogen-bond acceptors (Lipinski definition) is 4. The van der Waals surface area contributed by atoms with Gasteiger partial charge in [0.1, 0.15) is 0 Å². The highest BCUT2D eigenvalue weighted by molar-refractivity contribution is 9.11. The van der Waals surface area contributed by atoms with Crippen LogP contribution in [0.25, 0.3) is 6.08 Å². The molecule has 1 unspecified atom stereocenters. The molecule has 0 bridgehead atoms. The summed E-state index contributed by atoms with van der Waals surface area (Å²) in [6.45, 7) is 6.20. The van der Waals surface area contributed by atoms with Crippen LogP contribution in [0.1, 0.15) is 38.3 Å². The SMILES string of the molecule is COc1cc2c(c(OC)c1OC)C=C(Br)C(OC(C)(C)C)CC2. The second-order valence-corrected chi connectivity index (χ2v) is 7.42. The van der Waals surface area contributed by atoms with E-state index in [-0.39, 0.29) is 11.7 Å². The van der Waals surface area contributed by atoms with Crippen molar-refractivity contribution in [1.29, 1.82) is 0 Å². The summed E-state index contributed by atoms with van der Waals surface area (Å²) in [7, 11) is 4.90. The molecule has 1 aromatic carbocycles. The number of fused-ring (bicyclic) bond motifs is 1. The van der Waals surface area contributed by atoms with Gasteiger partial charge in [0, 0.05) is 10.0 Å². The van der Waals surface area contributed by atoms with E-state index in [1.54, 1.807) is 21.3 Å². The Hall–Kier alpha value is -1.20. The summed E-state index contributed by atoms with van der Waals surface area (Å²) in [5.74, 6) is 1.98. The quantitative estimate of drug-likeness (QED) is 0.761. The van der Waals surface area contributed by atoms with Gasteiger partial charge in [0.25, 0.3) is 0 Å². The van der Waals surface area contributed by atoms with Gasteiger partial charge in [0.15, 0.2) is 11.5 Å². The minimum absolute atomic E-state index is 0.0177. The van der Waals surface area contributed by atoms with Crippen molar-refractivity contribution in [2.45, 2.75) is 45.3 Å². The normalized spacial score (nSPS) is 17.9. The predicted octanol–water partition coefficient (Wildman–Crippen LogP) is 4.58. The molecule has 0 N–H and O–H groups in total. The van der Waals surface area contributed by atoms with E-state index in [1.165, 1.54) is 0 Å². The van der Waals surface area contributed by atoms with Crippen LogP contribution >= 0.6 is 15.9 Å². The molecule has 0 spiro atoms. The molecular formula is C18H25BrO4. The molecule has 1 aliphatic rings. The van der Waals surface area contributed by atoms with Gasteiger partial charge in [-0.2, -0.15) is 0 Å². The molecule has 5 heteroatoms. The fraction of sp³-hybridized carbons (Fsp3) is 0.556. The molecule has 0 amide bonds. The van der Waals surface area contributed by atoms with E-state index < -0.39 is 0 Å². The third-order valence-corrected chi connectivity index (χ3v) is 4.46. The first kappa shape index (κ1) is 18.1. The number of rotatable bonds is 4. The Morgan fingerprint density at radius 3 is 2.22 bits per heavy atom. The lowest BCUT2D eigenvalue weighted by Gasteiger charge is -2.27. The molecule has 0 aliphatic heterocycles. The number of aryl methyl sites for hydroxylation is 1. The van der Waals surface area contributed by atoms with Gasteiger partial charge in [-0.05, 0) is 51.3 Å². The molecular weight excluding hydrogens is 360 g/mol. The molecule has 2 rings (SSSR count). The molecule has 0 heterocycles. The van der Waals surface area contributed by atoms with Crippen LogP contribution in [0, 0.1) is 0 Å². The van der Waals surface area contributed by atoms with Crippen molar-refractivity contribution in [2.75, 3.05) is 21.3 Å². The van der Waals surface area contributed by atoms with Crippen LogP contribution in [0.2, 0.25) is 0 Å². The monoisotopic (exact) mass is 384 g/mol. The van der Waals surface area contributed by atoms with E-state index in [0.29, 0.717) is 17.2 Å². The fourth-order valence-electron chi connectivity index (χ4n) is 2.79. The Bertz CT molecular complexity index is 602. The molecule has 0 aromatic heterocycles. The minimum Gasteiger partial charge on any atom is -0.493 e. The third-order valence-electron chi connectivity index (χ3n) is 3.72. The van der Waals surface area contributed by atoms with Gasteiger partial charge in [0.05, 0.1) is 33.0 Å². The van der Waals surface area contributed by atoms with E-state index in [0.717, 1.165) is 28.5 Å². The lowest BCUT2D eigenvalue weighted by Crippen LogP contribution is -2.27. The molecule has 1 aromatic rings. The summed E-state index contributed by atoms with van der Waals surface area (Å²) in [4.78, 5) is 0. The zero-order chi connectivity index (χ0) is 17.2. The highest BCUT2D eigenvalue weighted by Crippen LogP contribution is 2.45. The van der Waals surface area contributed by atoms with Gasteiger partial charge in [-0.15, -0.1) is 0 Å². The first-order valence-corrected chi connectivity index (χ1v) is 8.46. The van der Waals surface area contributed by atoms with Crippen molar-refractivity contribution in [3.05, 3.63) is 21.7 Å². The zero-order valence-electron chi connectivity index (χ0n) is 14.7. The van der Waals surface area contributed by atoms with Gasteiger partial charge >= 0.3 is 0 Å². The lowest BCUT2D eigenvalue weighted by atomic mass is 10.0. The van der Waals surface area contributed by atoms with Gasteiger partial charge in [-0.3, -0.25) is 0 Å². The van der Waals surface area contributed by atoms with Crippen LogP contribution in [-0.2, 0) is 11.2 Å². The standard InChI is InChI=1S/C18H25BrO4/c1-18(2,3)23-14-8-7-11-9-15(20-4)17(22-6)16(21-5)12(11)10-13(14)19/h9-10,14H,7-8H2,1-6H3. The zero-order valence-corrected chi connectivity index (χ0v) is 16.2. The molecule has 0 saturated carbocycles. The Labute approximate surface area is 146 Å². The molecule has 0 saturated heterocycles. The van der Waals surface area contributed by atoms with Gasteiger partial charge in [0.2, 0.25) is 5.75 Å². The maximum atomic E-state index is 6.17. The molecule has 1 aliphatic carbocycles. The van der Waals surface area contributed by atoms with E-state index in [1.807, 2.05) is 6.07 Å². The summed E-state index contributed by atoms with van der Waals surface area (Å²) in [5, 5.41) is 0. The van der Waals surface area contributed by atoms with Crippen LogP contribution in [0.15, 0.2) is 10.5 Å². The number of hydrogen-bond donors (Lipinski definition) is 0. The minimum atomic E-state index is -0.201. The predicted molar refractivity (Wildman–Crippen MR) is 95.9 cm³/mol. The number of benzene rings is 1. The molecule has 0 fully saturated rings. The van der Waals surface area contributed by atoms with Crippen LogP contribution in [0.5, 0.6) is 17.2 Å². The van der Waals surface area contributed by atoms with Crippen LogP contribution in [0.4, 0.5) is 0 Å². The number of halogens is 1. The number of ether oxygens (including phenoxy) is 4. The Morgan fingerprint density at radius 2 is 1.70 bits per heavy atom. The van der Waals surface area contributed by atoms with Gasteiger partial charge < -0.3 is 18.9 Å². The maximum Gasteiger partial charge on any atom is 0.203 e.